The van der Waals surface area contributed by atoms with Crippen molar-refractivity contribution < 1.29 is 9.53 Å². The van der Waals surface area contributed by atoms with E-state index < -0.39 is 0 Å². The van der Waals surface area contributed by atoms with Crippen LogP contribution in [0.15, 0.2) is 29.6 Å². The van der Waals surface area contributed by atoms with E-state index in [2.05, 4.69) is 15.0 Å². The van der Waals surface area contributed by atoms with Gasteiger partial charge in [0.1, 0.15) is 26.7 Å². The van der Waals surface area contributed by atoms with E-state index in [1.165, 1.54) is 18.4 Å². The monoisotopic (exact) mass is 331 g/mol. The van der Waals surface area contributed by atoms with Crippen LogP contribution in [-0.2, 0) is 4.74 Å². The van der Waals surface area contributed by atoms with Crippen molar-refractivity contribution in [1.82, 2.24) is 15.0 Å². The molecule has 22 heavy (non-hydrogen) atoms. The third kappa shape index (κ3) is 2.57. The average molecular weight is 331 g/mol. The van der Waals surface area contributed by atoms with Gasteiger partial charge in [0.05, 0.1) is 12.7 Å². The molecule has 0 atom stereocenters. The molecule has 2 heterocycles. The van der Waals surface area contributed by atoms with Crippen LogP contribution in [0.5, 0.6) is 0 Å². The van der Waals surface area contributed by atoms with Crippen LogP contribution in [0.3, 0.4) is 0 Å². The van der Waals surface area contributed by atoms with Gasteiger partial charge in [-0.05, 0) is 30.9 Å². The summed E-state index contributed by atoms with van der Waals surface area (Å²) in [5, 5.41) is 1.68. The van der Waals surface area contributed by atoms with E-state index in [1.807, 2.05) is 25.3 Å². The lowest BCUT2D eigenvalue weighted by atomic mass is 10.1. The van der Waals surface area contributed by atoms with Crippen LogP contribution in [-0.4, -0.2) is 34.3 Å². The van der Waals surface area contributed by atoms with Crippen molar-refractivity contribution >= 4 is 39.4 Å². The number of ether oxygens (including phenoxy) is 1. The maximum Gasteiger partial charge on any atom is 0.337 e. The third-order valence-corrected chi connectivity index (χ3v) is 4.93. The molecule has 0 unspecified atom stereocenters. The molecule has 0 N–H and O–H groups in total. The first-order valence-corrected chi connectivity index (χ1v) is 8.53. The van der Waals surface area contributed by atoms with Crippen molar-refractivity contribution in [2.75, 3.05) is 13.4 Å². The molecule has 0 fully saturated rings. The Labute approximate surface area is 135 Å². The number of aryl methyl sites for hydroxylation is 1. The van der Waals surface area contributed by atoms with Crippen molar-refractivity contribution in [2.24, 2.45) is 0 Å². The van der Waals surface area contributed by atoms with E-state index in [4.69, 9.17) is 4.74 Å². The molecule has 0 amide bonds. The Balaban J connectivity index is 2.16. The van der Waals surface area contributed by atoms with E-state index >= 15 is 0 Å². The lowest BCUT2D eigenvalue weighted by Gasteiger charge is -2.05. The summed E-state index contributed by atoms with van der Waals surface area (Å²) in [6.07, 6.45) is 3.51. The molecule has 3 rings (SSSR count). The number of carbonyl (C=O) groups excluding carboxylic acids is 1. The SMILES string of the molecule is COC(=O)c1ccc(C)c(-c2nc3c(SC)ncnc3s2)c1. The van der Waals surface area contributed by atoms with Crippen molar-refractivity contribution in [1.29, 1.82) is 0 Å². The lowest BCUT2D eigenvalue weighted by molar-refractivity contribution is 0.0601. The molecule has 2 aromatic heterocycles. The van der Waals surface area contributed by atoms with Gasteiger partial charge in [-0.25, -0.2) is 19.7 Å². The minimum Gasteiger partial charge on any atom is -0.465 e. The van der Waals surface area contributed by atoms with Crippen LogP contribution < -0.4 is 0 Å². The molecular formula is C15H13N3O2S2. The molecule has 0 spiro atoms. The highest BCUT2D eigenvalue weighted by molar-refractivity contribution is 7.98. The largest absolute Gasteiger partial charge is 0.465 e. The highest BCUT2D eigenvalue weighted by atomic mass is 32.2. The van der Waals surface area contributed by atoms with Crippen LogP contribution in [0.25, 0.3) is 20.9 Å². The molecule has 0 aliphatic heterocycles. The molecule has 112 valence electrons. The summed E-state index contributed by atoms with van der Waals surface area (Å²) in [6.45, 7) is 1.99. The molecular weight excluding hydrogens is 318 g/mol. The Kier molecular flexibility index (Phi) is 4.08. The van der Waals surface area contributed by atoms with Crippen molar-refractivity contribution in [3.8, 4) is 10.6 Å². The first-order chi connectivity index (χ1) is 10.6. The van der Waals surface area contributed by atoms with Crippen LogP contribution >= 0.6 is 23.1 Å². The maximum atomic E-state index is 11.7. The fourth-order valence-corrected chi connectivity index (χ4v) is 3.64. The molecule has 0 radical (unpaired) electrons. The summed E-state index contributed by atoms with van der Waals surface area (Å²) in [6, 6.07) is 5.46. The minimum absolute atomic E-state index is 0.355. The fraction of sp³-hybridized carbons (Fsp3) is 0.200. The van der Waals surface area contributed by atoms with Gasteiger partial charge in [0.25, 0.3) is 0 Å². The average Bonchev–Trinajstić information content (AvgIpc) is 2.98. The molecule has 0 aliphatic rings. The van der Waals surface area contributed by atoms with Gasteiger partial charge in [-0.3, -0.25) is 0 Å². The Morgan fingerprint density at radius 1 is 1.32 bits per heavy atom. The summed E-state index contributed by atoms with van der Waals surface area (Å²) < 4.78 is 4.78. The predicted octanol–water partition coefficient (Wildman–Crippen LogP) is 3.57. The number of carbonyl (C=O) groups is 1. The molecule has 1 aromatic carbocycles. The predicted molar refractivity (Wildman–Crippen MR) is 88.5 cm³/mol. The fourth-order valence-electron chi connectivity index (χ4n) is 2.10. The number of aromatic nitrogens is 3. The minimum atomic E-state index is -0.355. The molecule has 0 aliphatic carbocycles. The maximum absolute atomic E-state index is 11.7. The number of thiazole rings is 1. The standard InChI is InChI=1S/C15H13N3O2S2/c1-8-4-5-9(15(19)20-2)6-10(8)12-18-11-13(21-3)16-7-17-14(11)22-12/h4-7H,1-3H3. The molecule has 0 saturated carbocycles. The quantitative estimate of drug-likeness (QED) is 0.415. The van der Waals surface area contributed by atoms with Gasteiger partial charge in [0, 0.05) is 5.56 Å². The Hall–Kier alpha value is -1.99. The number of fused-ring (bicyclic) bond motifs is 1. The van der Waals surface area contributed by atoms with E-state index in [1.54, 1.807) is 24.2 Å². The van der Waals surface area contributed by atoms with Gasteiger partial charge in [-0.1, -0.05) is 17.4 Å². The molecule has 3 aromatic rings. The Bertz CT molecular complexity index is 861. The zero-order chi connectivity index (χ0) is 15.7. The van der Waals surface area contributed by atoms with E-state index in [9.17, 15) is 4.79 Å². The molecule has 0 saturated heterocycles. The first kappa shape index (κ1) is 14.9. The highest BCUT2D eigenvalue weighted by Crippen LogP contribution is 2.34. The second kappa shape index (κ2) is 6.02. The molecule has 0 bridgehead atoms. The Morgan fingerprint density at radius 3 is 2.86 bits per heavy atom. The van der Waals surface area contributed by atoms with Gasteiger partial charge in [-0.15, -0.1) is 11.8 Å². The van der Waals surface area contributed by atoms with Crippen LogP contribution in [0.1, 0.15) is 15.9 Å². The first-order valence-electron chi connectivity index (χ1n) is 6.49. The zero-order valence-electron chi connectivity index (χ0n) is 12.3. The number of nitrogens with zero attached hydrogens (tertiary/aromatic N) is 3. The number of hydrogen-bond acceptors (Lipinski definition) is 7. The van der Waals surface area contributed by atoms with Gasteiger partial charge < -0.3 is 4.74 Å². The van der Waals surface area contributed by atoms with Crippen LogP contribution in [0.2, 0.25) is 0 Å². The van der Waals surface area contributed by atoms with E-state index in [0.717, 1.165) is 31.5 Å². The Morgan fingerprint density at radius 2 is 2.14 bits per heavy atom. The van der Waals surface area contributed by atoms with Crippen LogP contribution in [0, 0.1) is 6.92 Å². The normalized spacial score (nSPS) is 10.9. The number of thioether (sulfide) groups is 1. The van der Waals surface area contributed by atoms with Gasteiger partial charge in [0.2, 0.25) is 0 Å². The smallest absolute Gasteiger partial charge is 0.337 e. The number of rotatable bonds is 3. The summed E-state index contributed by atoms with van der Waals surface area (Å²) in [5.74, 6) is -0.355. The van der Waals surface area contributed by atoms with Crippen molar-refractivity contribution in [2.45, 2.75) is 11.9 Å². The number of methoxy groups -OCH3 is 1. The summed E-state index contributed by atoms with van der Waals surface area (Å²) in [5.41, 5.74) is 3.28. The second-order valence-corrected chi connectivity index (χ2v) is 6.35. The van der Waals surface area contributed by atoms with Crippen molar-refractivity contribution in [3.63, 3.8) is 0 Å². The number of esters is 1. The van der Waals surface area contributed by atoms with Gasteiger partial charge in [-0.2, -0.15) is 0 Å². The summed E-state index contributed by atoms with van der Waals surface area (Å²) in [4.78, 5) is 25.7. The lowest BCUT2D eigenvalue weighted by Crippen LogP contribution is -2.01. The van der Waals surface area contributed by atoms with Gasteiger partial charge >= 0.3 is 5.97 Å². The highest BCUT2D eigenvalue weighted by Gasteiger charge is 2.15. The van der Waals surface area contributed by atoms with Gasteiger partial charge in [0.15, 0.2) is 0 Å². The van der Waals surface area contributed by atoms with Crippen LogP contribution in [0.4, 0.5) is 0 Å². The number of benzene rings is 1. The summed E-state index contributed by atoms with van der Waals surface area (Å²) >= 11 is 3.04. The van der Waals surface area contributed by atoms with Crippen molar-refractivity contribution in [3.05, 3.63) is 35.7 Å². The molecule has 7 heteroatoms. The molecule has 5 nitrogen and oxygen atoms in total. The number of hydrogen-bond donors (Lipinski definition) is 0. The second-order valence-electron chi connectivity index (χ2n) is 4.58. The van der Waals surface area contributed by atoms with E-state index in [0.29, 0.717) is 5.56 Å². The third-order valence-electron chi connectivity index (χ3n) is 3.24. The summed E-state index contributed by atoms with van der Waals surface area (Å²) in [7, 11) is 1.37. The topological polar surface area (TPSA) is 65.0 Å². The zero-order valence-corrected chi connectivity index (χ0v) is 13.9. The van der Waals surface area contributed by atoms with E-state index in [-0.39, 0.29) is 5.97 Å².